The van der Waals surface area contributed by atoms with Gasteiger partial charge >= 0.3 is 0 Å². The van der Waals surface area contributed by atoms with Crippen molar-refractivity contribution in [2.75, 3.05) is 32.1 Å². The molecule has 1 aromatic rings. The molecule has 5 nitrogen and oxygen atoms in total. The summed E-state index contributed by atoms with van der Waals surface area (Å²) in [6.07, 6.45) is 0. The van der Waals surface area contributed by atoms with Crippen LogP contribution in [0.25, 0.3) is 0 Å². The first-order chi connectivity index (χ1) is 8.86. The molecule has 0 unspecified atom stereocenters. The lowest BCUT2D eigenvalue weighted by Crippen LogP contribution is -2.30. The Bertz CT molecular complexity index is 483. The van der Waals surface area contributed by atoms with Gasteiger partial charge in [-0.15, -0.1) is 0 Å². The maximum Gasteiger partial charge on any atom is 0.240 e. The van der Waals surface area contributed by atoms with Crippen LogP contribution in [0, 0.1) is 0 Å². The van der Waals surface area contributed by atoms with Gasteiger partial charge < -0.3 is 10.2 Å². The van der Waals surface area contributed by atoms with Gasteiger partial charge in [0.05, 0.1) is 4.90 Å². The highest BCUT2D eigenvalue weighted by Crippen LogP contribution is 2.16. The highest BCUT2D eigenvalue weighted by Gasteiger charge is 2.15. The van der Waals surface area contributed by atoms with Gasteiger partial charge in [0.25, 0.3) is 0 Å². The molecule has 1 rings (SSSR count). The Kier molecular flexibility index (Phi) is 5.78. The van der Waals surface area contributed by atoms with Crippen LogP contribution in [-0.2, 0) is 10.0 Å². The first kappa shape index (κ1) is 15.9. The highest BCUT2D eigenvalue weighted by molar-refractivity contribution is 7.89. The largest absolute Gasteiger partial charge is 0.373 e. The van der Waals surface area contributed by atoms with Crippen molar-refractivity contribution in [2.24, 2.45) is 0 Å². The van der Waals surface area contributed by atoms with Gasteiger partial charge in [-0.05, 0) is 45.2 Å². The van der Waals surface area contributed by atoms with Crippen molar-refractivity contribution >= 4 is 15.7 Å². The predicted octanol–water partition coefficient (Wildman–Crippen LogP) is 1.03. The molecule has 0 amide bonds. The average Bonchev–Trinajstić information content (AvgIpc) is 2.34. The smallest absolute Gasteiger partial charge is 0.240 e. The molecule has 108 valence electrons. The second-order valence-electron chi connectivity index (χ2n) is 4.79. The molecule has 0 radical (unpaired) electrons. The van der Waals surface area contributed by atoms with Crippen LogP contribution >= 0.6 is 0 Å². The zero-order chi connectivity index (χ0) is 14.5. The lowest BCUT2D eigenvalue weighted by atomic mass is 10.3. The quantitative estimate of drug-likeness (QED) is 0.785. The minimum Gasteiger partial charge on any atom is -0.373 e. The SMILES string of the molecule is CNCCN(C)c1ccc(S(=O)(=O)NC(C)C)cc1. The molecule has 0 heterocycles. The maximum atomic E-state index is 12.0. The van der Waals surface area contributed by atoms with Crippen molar-refractivity contribution in [3.8, 4) is 0 Å². The van der Waals surface area contributed by atoms with Crippen molar-refractivity contribution in [1.29, 1.82) is 0 Å². The Balaban J connectivity index is 2.81. The summed E-state index contributed by atoms with van der Waals surface area (Å²) in [4.78, 5) is 2.37. The number of nitrogens with one attached hydrogen (secondary N) is 2. The topological polar surface area (TPSA) is 61.4 Å². The normalized spacial score (nSPS) is 11.8. The average molecular weight is 285 g/mol. The summed E-state index contributed by atoms with van der Waals surface area (Å²) in [6.45, 7) is 5.35. The van der Waals surface area contributed by atoms with Crippen LogP contribution in [0.2, 0.25) is 0 Å². The predicted molar refractivity (Wildman–Crippen MR) is 79.1 cm³/mol. The van der Waals surface area contributed by atoms with Crippen LogP contribution in [0.4, 0.5) is 5.69 Å². The third-order valence-corrected chi connectivity index (χ3v) is 4.35. The molecule has 1 aromatic carbocycles. The molecule has 2 N–H and O–H groups in total. The number of nitrogens with zero attached hydrogens (tertiary/aromatic N) is 1. The minimum absolute atomic E-state index is 0.108. The highest BCUT2D eigenvalue weighted by atomic mass is 32.2. The lowest BCUT2D eigenvalue weighted by molar-refractivity contribution is 0.570. The second kappa shape index (κ2) is 6.88. The fraction of sp³-hybridized carbons (Fsp3) is 0.538. The monoisotopic (exact) mass is 285 g/mol. The van der Waals surface area contributed by atoms with Crippen molar-refractivity contribution in [2.45, 2.75) is 24.8 Å². The van der Waals surface area contributed by atoms with E-state index in [9.17, 15) is 8.42 Å². The van der Waals surface area contributed by atoms with Gasteiger partial charge in [0, 0.05) is 31.9 Å². The van der Waals surface area contributed by atoms with E-state index < -0.39 is 10.0 Å². The number of anilines is 1. The fourth-order valence-electron chi connectivity index (χ4n) is 1.67. The minimum atomic E-state index is -3.40. The Labute approximate surface area is 116 Å². The summed E-state index contributed by atoms with van der Waals surface area (Å²) in [6, 6.07) is 6.81. The molecule has 0 aliphatic carbocycles. The summed E-state index contributed by atoms with van der Waals surface area (Å²) in [5, 5.41) is 3.08. The van der Waals surface area contributed by atoms with Crippen molar-refractivity contribution in [3.05, 3.63) is 24.3 Å². The van der Waals surface area contributed by atoms with Crippen LogP contribution < -0.4 is 14.9 Å². The first-order valence-electron chi connectivity index (χ1n) is 6.35. The van der Waals surface area contributed by atoms with E-state index in [-0.39, 0.29) is 6.04 Å². The van der Waals surface area contributed by atoms with Crippen LogP contribution in [0.3, 0.4) is 0 Å². The fourth-order valence-corrected chi connectivity index (χ4v) is 2.92. The number of hydrogen-bond acceptors (Lipinski definition) is 4. The second-order valence-corrected chi connectivity index (χ2v) is 6.51. The zero-order valence-corrected chi connectivity index (χ0v) is 12.8. The van der Waals surface area contributed by atoms with Crippen molar-refractivity contribution in [1.82, 2.24) is 10.0 Å². The molecule has 0 atom stereocenters. The van der Waals surface area contributed by atoms with Gasteiger partial charge in [0.2, 0.25) is 10.0 Å². The molecule has 0 aromatic heterocycles. The van der Waals surface area contributed by atoms with Crippen molar-refractivity contribution < 1.29 is 8.42 Å². The molecule has 0 aliphatic rings. The molecule has 0 saturated heterocycles. The van der Waals surface area contributed by atoms with Crippen LogP contribution in [-0.4, -0.2) is 41.6 Å². The van der Waals surface area contributed by atoms with E-state index in [1.807, 2.05) is 26.2 Å². The van der Waals surface area contributed by atoms with Gasteiger partial charge in [0.1, 0.15) is 0 Å². The molecule has 0 spiro atoms. The Morgan fingerprint density at radius 3 is 2.26 bits per heavy atom. The molecule has 0 aliphatic heterocycles. The Morgan fingerprint density at radius 2 is 1.79 bits per heavy atom. The van der Waals surface area contributed by atoms with E-state index in [0.29, 0.717) is 4.90 Å². The molecule has 0 fully saturated rings. The summed E-state index contributed by atoms with van der Waals surface area (Å²) in [5.41, 5.74) is 0.999. The van der Waals surface area contributed by atoms with E-state index in [1.54, 1.807) is 26.0 Å². The maximum absolute atomic E-state index is 12.0. The van der Waals surface area contributed by atoms with E-state index in [2.05, 4.69) is 14.9 Å². The summed E-state index contributed by atoms with van der Waals surface area (Å²) in [7, 11) is 0.483. The van der Waals surface area contributed by atoms with Crippen LogP contribution in [0.15, 0.2) is 29.2 Å². The number of hydrogen-bond donors (Lipinski definition) is 2. The van der Waals surface area contributed by atoms with E-state index in [1.165, 1.54) is 0 Å². The lowest BCUT2D eigenvalue weighted by Gasteiger charge is -2.19. The van der Waals surface area contributed by atoms with Gasteiger partial charge in [0.15, 0.2) is 0 Å². The number of benzene rings is 1. The van der Waals surface area contributed by atoms with Crippen molar-refractivity contribution in [3.63, 3.8) is 0 Å². The first-order valence-corrected chi connectivity index (χ1v) is 7.83. The number of rotatable bonds is 7. The molecule has 0 saturated carbocycles. The molecular formula is C13H23N3O2S. The molecular weight excluding hydrogens is 262 g/mol. The molecule has 6 heteroatoms. The summed E-state index contributed by atoms with van der Waals surface area (Å²) >= 11 is 0. The Morgan fingerprint density at radius 1 is 1.21 bits per heavy atom. The van der Waals surface area contributed by atoms with Gasteiger partial charge in [-0.1, -0.05) is 0 Å². The van der Waals surface area contributed by atoms with Crippen LogP contribution in [0.5, 0.6) is 0 Å². The summed E-state index contributed by atoms with van der Waals surface area (Å²) in [5.74, 6) is 0. The van der Waals surface area contributed by atoms with Gasteiger partial charge in [-0.3, -0.25) is 0 Å². The number of likely N-dealkylation sites (N-methyl/N-ethyl adjacent to an activating group) is 2. The Hall–Kier alpha value is -1.11. The summed E-state index contributed by atoms with van der Waals surface area (Å²) < 4.78 is 26.5. The third kappa shape index (κ3) is 4.81. The zero-order valence-electron chi connectivity index (χ0n) is 12.0. The van der Waals surface area contributed by atoms with Crippen LogP contribution in [0.1, 0.15) is 13.8 Å². The third-order valence-electron chi connectivity index (χ3n) is 2.68. The molecule has 19 heavy (non-hydrogen) atoms. The molecule has 0 bridgehead atoms. The van der Waals surface area contributed by atoms with Gasteiger partial charge in [-0.25, -0.2) is 13.1 Å². The number of sulfonamides is 1. The van der Waals surface area contributed by atoms with E-state index >= 15 is 0 Å². The van der Waals surface area contributed by atoms with E-state index in [4.69, 9.17) is 0 Å². The van der Waals surface area contributed by atoms with Gasteiger partial charge in [-0.2, -0.15) is 0 Å². The van der Waals surface area contributed by atoms with E-state index in [0.717, 1.165) is 18.8 Å². The standard InChI is InChI=1S/C13H23N3O2S/c1-11(2)15-19(17,18)13-7-5-12(6-8-13)16(4)10-9-14-3/h5-8,11,14-15H,9-10H2,1-4H3.